The number of amides is 3. The van der Waals surface area contributed by atoms with E-state index in [9.17, 15) is 19.2 Å². The minimum absolute atomic E-state index is 0.341. The van der Waals surface area contributed by atoms with Crippen LogP contribution < -0.4 is 5.32 Å². The monoisotopic (exact) mass is 411 g/mol. The summed E-state index contributed by atoms with van der Waals surface area (Å²) >= 11 is 0. The number of nitrogens with zero attached hydrogens (tertiary/aromatic N) is 2. The van der Waals surface area contributed by atoms with Crippen molar-refractivity contribution in [3.05, 3.63) is 58.4 Å². The molecular formula is C22H25N3O5. The van der Waals surface area contributed by atoms with E-state index in [2.05, 4.69) is 5.32 Å². The molecule has 1 aliphatic heterocycles. The third-order valence-corrected chi connectivity index (χ3v) is 5.63. The Hall–Kier alpha value is -3.42. The third kappa shape index (κ3) is 3.72. The number of carbonyl (C=O) groups excluding carboxylic acids is 4. The summed E-state index contributed by atoms with van der Waals surface area (Å²) in [5.41, 5.74) is 2.54. The molecule has 3 amide bonds. The summed E-state index contributed by atoms with van der Waals surface area (Å²) in [5, 5.41) is 2.64. The average molecular weight is 411 g/mol. The molecule has 0 spiro atoms. The third-order valence-electron chi connectivity index (χ3n) is 5.63. The van der Waals surface area contributed by atoms with Crippen LogP contribution in [0, 0.1) is 20.8 Å². The zero-order chi connectivity index (χ0) is 22.2. The summed E-state index contributed by atoms with van der Waals surface area (Å²) in [4.78, 5) is 50.6. The van der Waals surface area contributed by atoms with Crippen molar-refractivity contribution in [2.24, 2.45) is 7.05 Å². The van der Waals surface area contributed by atoms with Crippen molar-refractivity contribution in [1.29, 1.82) is 0 Å². The van der Waals surface area contributed by atoms with Gasteiger partial charge >= 0.3 is 12.0 Å². The summed E-state index contributed by atoms with van der Waals surface area (Å²) in [6.45, 7) is 6.17. The highest BCUT2D eigenvalue weighted by molar-refractivity contribution is 6.09. The van der Waals surface area contributed by atoms with Crippen LogP contribution >= 0.6 is 0 Å². The van der Waals surface area contributed by atoms with Gasteiger partial charge in [0, 0.05) is 24.0 Å². The van der Waals surface area contributed by atoms with Crippen LogP contribution in [0.4, 0.5) is 4.79 Å². The van der Waals surface area contributed by atoms with Gasteiger partial charge < -0.3 is 14.6 Å². The number of aromatic nitrogens is 1. The molecule has 0 radical (unpaired) electrons. The maximum atomic E-state index is 12.9. The van der Waals surface area contributed by atoms with Gasteiger partial charge in [-0.1, -0.05) is 29.8 Å². The van der Waals surface area contributed by atoms with E-state index >= 15 is 0 Å². The molecule has 0 saturated carbocycles. The number of aryl methyl sites for hydroxylation is 2. The highest BCUT2D eigenvalue weighted by atomic mass is 16.5. The van der Waals surface area contributed by atoms with Gasteiger partial charge in [-0.3, -0.25) is 19.3 Å². The maximum Gasteiger partial charge on any atom is 0.326 e. The second kappa shape index (κ2) is 7.78. The van der Waals surface area contributed by atoms with E-state index in [4.69, 9.17) is 4.74 Å². The highest BCUT2D eigenvalue weighted by Gasteiger charge is 2.49. The van der Waals surface area contributed by atoms with Gasteiger partial charge in [0.2, 0.25) is 5.78 Å². The number of imide groups is 1. The highest BCUT2D eigenvalue weighted by Crippen LogP contribution is 2.29. The molecule has 2 aromatic rings. The van der Waals surface area contributed by atoms with Crippen LogP contribution in [-0.4, -0.2) is 46.3 Å². The number of nitrogens with one attached hydrogen (secondary N) is 1. The molecule has 1 saturated heterocycles. The van der Waals surface area contributed by atoms with E-state index in [1.165, 1.54) is 0 Å². The fourth-order valence-corrected chi connectivity index (χ4v) is 3.46. The fraction of sp³-hybridized carbons (Fsp3) is 0.364. The standard InChI is InChI=1S/C22H25N3O5/c1-13-6-8-16(9-7-13)22(4)20(28)25(21(29)23-22)11-19(27)30-12-18(26)17-10-14(2)24(5)15(17)3/h6-10H,11-12H2,1-5H3,(H,23,29)/t22-/m1/s1. The lowest BCUT2D eigenvalue weighted by molar-refractivity contribution is -0.146. The van der Waals surface area contributed by atoms with Crippen LogP contribution in [0.5, 0.6) is 0 Å². The Labute approximate surface area is 174 Å². The van der Waals surface area contributed by atoms with Crippen molar-refractivity contribution in [2.75, 3.05) is 13.2 Å². The molecule has 0 unspecified atom stereocenters. The lowest BCUT2D eigenvalue weighted by Gasteiger charge is -2.22. The molecule has 1 aliphatic rings. The van der Waals surface area contributed by atoms with E-state index in [0.717, 1.165) is 21.9 Å². The van der Waals surface area contributed by atoms with Gasteiger partial charge in [0.05, 0.1) is 0 Å². The summed E-state index contributed by atoms with van der Waals surface area (Å²) in [7, 11) is 1.84. The Morgan fingerprint density at radius 3 is 2.30 bits per heavy atom. The quantitative estimate of drug-likeness (QED) is 0.446. The Morgan fingerprint density at radius 2 is 1.73 bits per heavy atom. The Balaban J connectivity index is 1.64. The predicted octanol–water partition coefficient (Wildman–Crippen LogP) is 2.14. The van der Waals surface area contributed by atoms with Crippen LogP contribution in [0.25, 0.3) is 0 Å². The number of ketones is 1. The van der Waals surface area contributed by atoms with Crippen LogP contribution in [0.1, 0.15) is 39.8 Å². The van der Waals surface area contributed by atoms with E-state index < -0.39 is 36.6 Å². The summed E-state index contributed by atoms with van der Waals surface area (Å²) in [6.07, 6.45) is 0. The van der Waals surface area contributed by atoms with Crippen molar-refractivity contribution >= 4 is 23.7 Å². The van der Waals surface area contributed by atoms with Gasteiger partial charge in [-0.15, -0.1) is 0 Å². The summed E-state index contributed by atoms with van der Waals surface area (Å²) in [5.74, 6) is -1.72. The Morgan fingerprint density at radius 1 is 1.10 bits per heavy atom. The lowest BCUT2D eigenvalue weighted by Crippen LogP contribution is -2.41. The van der Waals surface area contributed by atoms with Crippen LogP contribution in [0.3, 0.4) is 0 Å². The fourth-order valence-electron chi connectivity index (χ4n) is 3.46. The largest absolute Gasteiger partial charge is 0.456 e. The van der Waals surface area contributed by atoms with Crippen molar-refractivity contribution in [2.45, 2.75) is 33.2 Å². The normalized spacial score (nSPS) is 18.5. The second-order valence-corrected chi connectivity index (χ2v) is 7.74. The first-order valence-electron chi connectivity index (χ1n) is 9.57. The SMILES string of the molecule is Cc1ccc([C@@]2(C)NC(=O)N(CC(=O)OCC(=O)c3cc(C)n(C)c3C)C2=O)cc1. The van der Waals surface area contributed by atoms with E-state index in [1.54, 1.807) is 32.0 Å². The number of hydrogen-bond acceptors (Lipinski definition) is 5. The molecule has 30 heavy (non-hydrogen) atoms. The van der Waals surface area contributed by atoms with E-state index in [0.29, 0.717) is 11.1 Å². The molecule has 1 atom stereocenters. The first kappa shape index (κ1) is 21.3. The molecule has 2 heterocycles. The Kier molecular flexibility index (Phi) is 5.52. The number of Topliss-reactive ketones (excluding diaryl/α,β-unsaturated/α-hetero) is 1. The van der Waals surface area contributed by atoms with Gasteiger partial charge in [0.25, 0.3) is 5.91 Å². The van der Waals surface area contributed by atoms with Crippen molar-refractivity contribution < 1.29 is 23.9 Å². The molecule has 158 valence electrons. The van der Waals surface area contributed by atoms with E-state index in [-0.39, 0.29) is 5.78 Å². The Bertz CT molecular complexity index is 1040. The summed E-state index contributed by atoms with van der Waals surface area (Å²) in [6, 6.07) is 8.26. The van der Waals surface area contributed by atoms with Gasteiger partial charge in [0.15, 0.2) is 6.61 Å². The average Bonchev–Trinajstić information content (AvgIpc) is 3.09. The predicted molar refractivity (Wildman–Crippen MR) is 109 cm³/mol. The summed E-state index contributed by atoms with van der Waals surface area (Å²) < 4.78 is 6.91. The van der Waals surface area contributed by atoms with Crippen molar-refractivity contribution in [1.82, 2.24) is 14.8 Å². The molecule has 0 aliphatic carbocycles. The molecule has 0 bridgehead atoms. The minimum Gasteiger partial charge on any atom is -0.456 e. The molecule has 3 rings (SSSR count). The zero-order valence-corrected chi connectivity index (χ0v) is 17.7. The molecular weight excluding hydrogens is 386 g/mol. The van der Waals surface area contributed by atoms with Crippen molar-refractivity contribution in [3.63, 3.8) is 0 Å². The van der Waals surface area contributed by atoms with Crippen LogP contribution in [0.15, 0.2) is 30.3 Å². The molecule has 1 aromatic carbocycles. The number of rotatable bonds is 6. The molecule has 8 heteroatoms. The number of carbonyl (C=O) groups is 4. The van der Waals surface area contributed by atoms with E-state index in [1.807, 2.05) is 37.6 Å². The number of esters is 1. The maximum absolute atomic E-state index is 12.9. The van der Waals surface area contributed by atoms with Crippen LogP contribution in [0.2, 0.25) is 0 Å². The van der Waals surface area contributed by atoms with Gasteiger partial charge in [0.1, 0.15) is 12.1 Å². The number of benzene rings is 1. The number of urea groups is 1. The first-order chi connectivity index (χ1) is 14.0. The zero-order valence-electron chi connectivity index (χ0n) is 17.7. The number of hydrogen-bond donors (Lipinski definition) is 1. The van der Waals surface area contributed by atoms with Gasteiger partial charge in [-0.25, -0.2) is 4.79 Å². The molecule has 1 aromatic heterocycles. The minimum atomic E-state index is -1.26. The lowest BCUT2D eigenvalue weighted by atomic mass is 9.91. The first-order valence-corrected chi connectivity index (χ1v) is 9.57. The molecule has 1 fully saturated rings. The number of ether oxygens (including phenoxy) is 1. The van der Waals surface area contributed by atoms with Gasteiger partial charge in [-0.2, -0.15) is 0 Å². The molecule has 8 nitrogen and oxygen atoms in total. The second-order valence-electron chi connectivity index (χ2n) is 7.74. The van der Waals surface area contributed by atoms with Crippen LogP contribution in [-0.2, 0) is 26.9 Å². The van der Waals surface area contributed by atoms with Crippen molar-refractivity contribution in [3.8, 4) is 0 Å². The molecule has 1 N–H and O–H groups in total. The van der Waals surface area contributed by atoms with Gasteiger partial charge in [-0.05, 0) is 39.3 Å². The topological polar surface area (TPSA) is 97.7 Å². The smallest absolute Gasteiger partial charge is 0.326 e.